The van der Waals surface area contributed by atoms with Crippen molar-refractivity contribution in [3.8, 4) is 5.75 Å². The molecule has 0 saturated heterocycles. The lowest BCUT2D eigenvalue weighted by molar-refractivity contribution is -0.384. The number of carbonyl (C=O) groups is 1. The minimum atomic E-state index is -0.466. The highest BCUT2D eigenvalue weighted by Gasteiger charge is 2.07. The Morgan fingerprint density at radius 3 is 2.55 bits per heavy atom. The number of nitro groups is 1. The normalized spacial score (nSPS) is 10.0. The Morgan fingerprint density at radius 1 is 1.18 bits per heavy atom. The molecule has 0 radical (unpaired) electrons. The third-order valence-electron chi connectivity index (χ3n) is 3.14. The van der Waals surface area contributed by atoms with Crippen LogP contribution in [0.25, 0.3) is 0 Å². The lowest BCUT2D eigenvalue weighted by Crippen LogP contribution is -2.24. The van der Waals surface area contributed by atoms with Gasteiger partial charge in [0, 0.05) is 18.7 Å². The van der Waals surface area contributed by atoms with Crippen molar-refractivity contribution < 1.29 is 14.5 Å². The Bertz CT molecular complexity index is 668. The van der Waals surface area contributed by atoms with Gasteiger partial charge in [0.1, 0.15) is 5.75 Å². The second kappa shape index (κ2) is 7.21. The fraction of sp³-hybridized carbons (Fsp3) is 0.188. The number of ether oxygens (including phenoxy) is 1. The van der Waals surface area contributed by atoms with E-state index in [1.807, 2.05) is 24.3 Å². The van der Waals surface area contributed by atoms with Crippen LogP contribution in [0.3, 0.4) is 0 Å². The molecule has 6 heteroatoms. The number of hydrogen-bond acceptors (Lipinski definition) is 4. The van der Waals surface area contributed by atoms with Gasteiger partial charge >= 0.3 is 0 Å². The number of rotatable bonds is 6. The van der Waals surface area contributed by atoms with Crippen molar-refractivity contribution in [1.82, 2.24) is 5.32 Å². The molecule has 0 saturated carbocycles. The first kappa shape index (κ1) is 15.5. The molecule has 22 heavy (non-hydrogen) atoms. The van der Waals surface area contributed by atoms with E-state index in [0.29, 0.717) is 6.54 Å². The van der Waals surface area contributed by atoms with E-state index in [2.05, 4.69) is 5.32 Å². The number of nitrogens with one attached hydrogen (secondary N) is 1. The molecule has 2 rings (SSSR count). The van der Waals surface area contributed by atoms with Gasteiger partial charge in [-0.15, -0.1) is 0 Å². The van der Waals surface area contributed by atoms with Crippen molar-refractivity contribution in [2.75, 3.05) is 7.11 Å². The summed E-state index contributed by atoms with van der Waals surface area (Å²) in [4.78, 5) is 22.0. The van der Waals surface area contributed by atoms with E-state index in [9.17, 15) is 14.9 Å². The van der Waals surface area contributed by atoms with Crippen LogP contribution in [0.5, 0.6) is 5.75 Å². The molecule has 2 aromatic carbocycles. The number of amides is 1. The maximum atomic E-state index is 11.9. The maximum absolute atomic E-state index is 11.9. The van der Waals surface area contributed by atoms with Crippen LogP contribution in [-0.4, -0.2) is 17.9 Å². The Labute approximate surface area is 127 Å². The average molecular weight is 300 g/mol. The molecule has 1 amide bonds. The minimum Gasteiger partial charge on any atom is -0.497 e. The maximum Gasteiger partial charge on any atom is 0.269 e. The number of methoxy groups -OCH3 is 1. The number of non-ortho nitro benzene ring substituents is 1. The number of carbonyl (C=O) groups excluding carboxylic acids is 1. The molecular formula is C16H16N2O4. The average Bonchev–Trinajstić information content (AvgIpc) is 2.53. The smallest absolute Gasteiger partial charge is 0.269 e. The van der Waals surface area contributed by atoms with Crippen LogP contribution in [0.2, 0.25) is 0 Å². The topological polar surface area (TPSA) is 81.5 Å². The van der Waals surface area contributed by atoms with Gasteiger partial charge in [-0.05, 0) is 23.3 Å². The lowest BCUT2D eigenvalue weighted by Gasteiger charge is -2.07. The van der Waals surface area contributed by atoms with Gasteiger partial charge in [-0.1, -0.05) is 24.3 Å². The number of nitro benzene ring substituents is 1. The summed E-state index contributed by atoms with van der Waals surface area (Å²) in [5, 5.41) is 13.4. The predicted octanol–water partition coefficient (Wildman–Crippen LogP) is 2.46. The van der Waals surface area contributed by atoms with E-state index in [1.165, 1.54) is 12.1 Å². The molecular weight excluding hydrogens is 284 g/mol. The van der Waals surface area contributed by atoms with Gasteiger partial charge in [-0.2, -0.15) is 0 Å². The van der Waals surface area contributed by atoms with E-state index < -0.39 is 4.92 Å². The number of nitrogens with zero attached hydrogens (tertiary/aromatic N) is 1. The molecule has 0 aliphatic carbocycles. The minimum absolute atomic E-state index is 0.0144. The first-order chi connectivity index (χ1) is 10.6. The van der Waals surface area contributed by atoms with Crippen LogP contribution in [0.15, 0.2) is 48.5 Å². The SMILES string of the molecule is COc1cccc(CNC(=O)Cc2ccc([N+](=O)[O-])cc2)c1. The first-order valence-electron chi connectivity index (χ1n) is 6.71. The van der Waals surface area contributed by atoms with Crippen molar-refractivity contribution in [2.45, 2.75) is 13.0 Å². The summed E-state index contributed by atoms with van der Waals surface area (Å²) in [6.07, 6.45) is 0.183. The van der Waals surface area contributed by atoms with E-state index in [4.69, 9.17) is 4.74 Å². The van der Waals surface area contributed by atoms with Crippen LogP contribution >= 0.6 is 0 Å². The summed E-state index contributed by atoms with van der Waals surface area (Å²) in [6, 6.07) is 13.4. The zero-order valence-electron chi connectivity index (χ0n) is 12.1. The van der Waals surface area contributed by atoms with Crippen LogP contribution in [-0.2, 0) is 17.8 Å². The largest absolute Gasteiger partial charge is 0.497 e. The molecule has 1 N–H and O–H groups in total. The van der Waals surface area contributed by atoms with Gasteiger partial charge in [0.25, 0.3) is 5.69 Å². The second-order valence-electron chi connectivity index (χ2n) is 4.73. The summed E-state index contributed by atoms with van der Waals surface area (Å²) in [5.41, 5.74) is 1.69. The highest BCUT2D eigenvalue weighted by Crippen LogP contribution is 2.13. The van der Waals surface area contributed by atoms with Gasteiger partial charge in [0.15, 0.2) is 0 Å². The lowest BCUT2D eigenvalue weighted by atomic mass is 10.1. The molecule has 0 heterocycles. The molecule has 0 aliphatic heterocycles. The second-order valence-corrected chi connectivity index (χ2v) is 4.73. The Morgan fingerprint density at radius 2 is 1.91 bits per heavy atom. The van der Waals surface area contributed by atoms with Gasteiger partial charge in [0.05, 0.1) is 18.5 Å². The van der Waals surface area contributed by atoms with Crippen molar-refractivity contribution in [3.63, 3.8) is 0 Å². The van der Waals surface area contributed by atoms with E-state index in [0.717, 1.165) is 16.9 Å². The molecule has 0 atom stereocenters. The zero-order valence-corrected chi connectivity index (χ0v) is 12.1. The zero-order chi connectivity index (χ0) is 15.9. The van der Waals surface area contributed by atoms with Crippen molar-refractivity contribution in [3.05, 3.63) is 69.8 Å². The summed E-state index contributed by atoms with van der Waals surface area (Å²) < 4.78 is 5.12. The quantitative estimate of drug-likeness (QED) is 0.656. The Hall–Kier alpha value is -2.89. The van der Waals surface area contributed by atoms with Crippen LogP contribution in [0, 0.1) is 10.1 Å². The Balaban J connectivity index is 1.88. The fourth-order valence-corrected chi connectivity index (χ4v) is 1.97. The summed E-state index contributed by atoms with van der Waals surface area (Å²) in [5.74, 6) is 0.596. The van der Waals surface area contributed by atoms with Crippen molar-refractivity contribution in [1.29, 1.82) is 0 Å². The summed E-state index contributed by atoms with van der Waals surface area (Å²) in [7, 11) is 1.59. The third kappa shape index (κ3) is 4.31. The molecule has 0 aliphatic rings. The van der Waals surface area contributed by atoms with Gasteiger partial charge in [-0.25, -0.2) is 0 Å². The van der Waals surface area contributed by atoms with Crippen molar-refractivity contribution in [2.24, 2.45) is 0 Å². The molecule has 0 unspecified atom stereocenters. The first-order valence-corrected chi connectivity index (χ1v) is 6.71. The van der Waals surface area contributed by atoms with Gasteiger partial charge < -0.3 is 10.1 Å². The summed E-state index contributed by atoms with van der Waals surface area (Å²) >= 11 is 0. The molecule has 114 valence electrons. The molecule has 2 aromatic rings. The molecule has 6 nitrogen and oxygen atoms in total. The third-order valence-corrected chi connectivity index (χ3v) is 3.14. The molecule has 0 bridgehead atoms. The van der Waals surface area contributed by atoms with E-state index >= 15 is 0 Å². The highest BCUT2D eigenvalue weighted by atomic mass is 16.6. The molecule has 0 fully saturated rings. The van der Waals surface area contributed by atoms with Crippen LogP contribution < -0.4 is 10.1 Å². The van der Waals surface area contributed by atoms with E-state index in [1.54, 1.807) is 19.2 Å². The summed E-state index contributed by atoms with van der Waals surface area (Å²) in [6.45, 7) is 0.406. The molecule has 0 spiro atoms. The molecule has 0 aromatic heterocycles. The number of benzene rings is 2. The van der Waals surface area contributed by atoms with Crippen LogP contribution in [0.4, 0.5) is 5.69 Å². The Kier molecular flexibility index (Phi) is 5.08. The monoisotopic (exact) mass is 300 g/mol. The fourth-order valence-electron chi connectivity index (χ4n) is 1.97. The van der Waals surface area contributed by atoms with Gasteiger partial charge in [-0.3, -0.25) is 14.9 Å². The van der Waals surface area contributed by atoms with E-state index in [-0.39, 0.29) is 18.0 Å². The van der Waals surface area contributed by atoms with Gasteiger partial charge in [0.2, 0.25) is 5.91 Å². The number of hydrogen-bond donors (Lipinski definition) is 1. The standard InChI is InChI=1S/C16H16N2O4/c1-22-15-4-2-3-13(9-15)11-17-16(19)10-12-5-7-14(8-6-12)18(20)21/h2-9H,10-11H2,1H3,(H,17,19). The van der Waals surface area contributed by atoms with Crippen molar-refractivity contribution >= 4 is 11.6 Å². The highest BCUT2D eigenvalue weighted by molar-refractivity contribution is 5.78. The van der Waals surface area contributed by atoms with Crippen LogP contribution in [0.1, 0.15) is 11.1 Å². The predicted molar refractivity (Wildman–Crippen MR) is 81.6 cm³/mol.